The Morgan fingerprint density at radius 2 is 1.89 bits per heavy atom. The minimum atomic E-state index is -0.197. The van der Waals surface area contributed by atoms with E-state index in [-0.39, 0.29) is 29.9 Å². The molecule has 28 heavy (non-hydrogen) atoms. The Balaban J connectivity index is 0.00000392. The van der Waals surface area contributed by atoms with Crippen LogP contribution in [0.4, 0.5) is 0 Å². The van der Waals surface area contributed by atoms with E-state index in [1.54, 1.807) is 0 Å². The predicted octanol–water partition coefficient (Wildman–Crippen LogP) is 3.68. The van der Waals surface area contributed by atoms with E-state index in [0.29, 0.717) is 18.4 Å². The van der Waals surface area contributed by atoms with Gasteiger partial charge in [0.1, 0.15) is 0 Å². The quantitative estimate of drug-likeness (QED) is 0.164. The third-order valence-corrected chi connectivity index (χ3v) is 5.61. The molecule has 2 aliphatic rings. The Hall–Kier alpha value is -0.570. The van der Waals surface area contributed by atoms with Crippen molar-refractivity contribution < 1.29 is 9.53 Å². The molecule has 2 fully saturated rings. The number of nitrogens with two attached hydrogens (primary N) is 1. The first-order valence-corrected chi connectivity index (χ1v) is 11.1. The van der Waals surface area contributed by atoms with Crippen LogP contribution in [-0.2, 0) is 9.53 Å². The second-order valence-electron chi connectivity index (χ2n) is 8.05. The molecule has 0 radical (unpaired) electrons. The topological polar surface area (TPSA) is 80.0 Å². The maximum atomic E-state index is 11.2. The van der Waals surface area contributed by atoms with Crippen LogP contribution in [0, 0.1) is 5.92 Å². The van der Waals surface area contributed by atoms with Gasteiger partial charge in [-0.2, -0.15) is 0 Å². The Kier molecular flexibility index (Phi) is 13.9. The summed E-state index contributed by atoms with van der Waals surface area (Å²) in [5, 5.41) is 3.40. The van der Waals surface area contributed by atoms with E-state index in [1.807, 2.05) is 0 Å². The van der Waals surface area contributed by atoms with Gasteiger partial charge in [-0.1, -0.05) is 25.7 Å². The van der Waals surface area contributed by atoms with Gasteiger partial charge in [-0.15, -0.1) is 24.0 Å². The summed E-state index contributed by atoms with van der Waals surface area (Å²) in [4.78, 5) is 18.3. The lowest BCUT2D eigenvalue weighted by molar-refractivity contribution is -0.119. The number of aliphatic imine (C=N–C) groups is 1. The molecule has 1 aliphatic carbocycles. The average molecular weight is 508 g/mol. The zero-order valence-electron chi connectivity index (χ0n) is 17.7. The number of piperidine rings is 1. The Labute approximate surface area is 188 Å². The van der Waals surface area contributed by atoms with Crippen LogP contribution in [0.2, 0.25) is 0 Å². The van der Waals surface area contributed by atoms with Gasteiger partial charge in [0.2, 0.25) is 5.91 Å². The van der Waals surface area contributed by atoms with E-state index in [0.717, 1.165) is 64.4 Å². The zero-order chi connectivity index (χ0) is 19.3. The summed E-state index contributed by atoms with van der Waals surface area (Å²) in [5.74, 6) is 1.14. The number of hydrogen-bond donors (Lipinski definition) is 2. The smallest absolute Gasteiger partial charge is 0.217 e. The van der Waals surface area contributed by atoms with Crippen LogP contribution in [0.3, 0.4) is 0 Å². The van der Waals surface area contributed by atoms with E-state index >= 15 is 0 Å². The lowest BCUT2D eigenvalue weighted by Gasteiger charge is -2.34. The van der Waals surface area contributed by atoms with Crippen molar-refractivity contribution in [2.24, 2.45) is 16.6 Å². The molecular weight excluding hydrogens is 467 g/mol. The molecular formula is C21H41IN4O2. The number of amides is 1. The normalized spacial score (nSPS) is 21.7. The number of rotatable bonds is 9. The fourth-order valence-electron chi connectivity index (χ4n) is 4.19. The van der Waals surface area contributed by atoms with Crippen LogP contribution in [0.25, 0.3) is 0 Å². The maximum Gasteiger partial charge on any atom is 0.217 e. The Morgan fingerprint density at radius 1 is 1.14 bits per heavy atom. The molecule has 1 saturated heterocycles. The first-order chi connectivity index (χ1) is 13.2. The molecule has 3 N–H and O–H groups in total. The predicted molar refractivity (Wildman–Crippen MR) is 126 cm³/mol. The Bertz CT molecular complexity index is 454. The molecule has 1 heterocycles. The molecule has 1 atom stereocenters. The summed E-state index contributed by atoms with van der Waals surface area (Å²) < 4.78 is 6.07. The molecule has 0 bridgehead atoms. The van der Waals surface area contributed by atoms with Crippen LogP contribution in [0.5, 0.6) is 0 Å². The fourth-order valence-corrected chi connectivity index (χ4v) is 4.19. The van der Waals surface area contributed by atoms with Crippen molar-refractivity contribution in [3.8, 4) is 0 Å². The number of primary amides is 1. The highest BCUT2D eigenvalue weighted by molar-refractivity contribution is 14.0. The van der Waals surface area contributed by atoms with Crippen molar-refractivity contribution in [1.29, 1.82) is 0 Å². The summed E-state index contributed by atoms with van der Waals surface area (Å²) in [7, 11) is 0. The largest absolute Gasteiger partial charge is 0.378 e. The van der Waals surface area contributed by atoms with Crippen molar-refractivity contribution in [2.45, 2.75) is 83.7 Å². The highest BCUT2D eigenvalue weighted by Crippen LogP contribution is 2.20. The molecule has 1 amide bonds. The van der Waals surface area contributed by atoms with Gasteiger partial charge in [0.15, 0.2) is 5.96 Å². The highest BCUT2D eigenvalue weighted by atomic mass is 127. The van der Waals surface area contributed by atoms with Gasteiger partial charge in [-0.3, -0.25) is 9.79 Å². The first-order valence-electron chi connectivity index (χ1n) is 11.1. The van der Waals surface area contributed by atoms with E-state index in [1.165, 1.54) is 38.5 Å². The highest BCUT2D eigenvalue weighted by Gasteiger charge is 2.23. The van der Waals surface area contributed by atoms with Crippen molar-refractivity contribution in [3.63, 3.8) is 0 Å². The molecule has 0 aromatic heterocycles. The van der Waals surface area contributed by atoms with Crippen LogP contribution in [0.15, 0.2) is 4.99 Å². The summed E-state index contributed by atoms with van der Waals surface area (Å²) >= 11 is 0. The number of nitrogens with one attached hydrogen (secondary N) is 1. The van der Waals surface area contributed by atoms with Gasteiger partial charge < -0.3 is 20.7 Å². The van der Waals surface area contributed by atoms with Crippen molar-refractivity contribution in [3.05, 3.63) is 0 Å². The SMILES string of the molecule is CCNC(=NCCCCOC1CCCCCC1)N1CCCC(CC(N)=O)C1.I. The van der Waals surface area contributed by atoms with Gasteiger partial charge in [-0.25, -0.2) is 0 Å². The summed E-state index contributed by atoms with van der Waals surface area (Å²) in [5.41, 5.74) is 5.38. The number of halogens is 1. The fraction of sp³-hybridized carbons (Fsp3) is 0.905. The van der Waals surface area contributed by atoms with Crippen molar-refractivity contribution in [1.82, 2.24) is 10.2 Å². The average Bonchev–Trinajstić information content (AvgIpc) is 2.92. The van der Waals surface area contributed by atoms with E-state index in [9.17, 15) is 4.79 Å². The number of carbonyl (C=O) groups excluding carboxylic acids is 1. The number of unbranched alkanes of at least 4 members (excludes halogenated alkanes) is 1. The molecule has 1 aliphatic heterocycles. The van der Waals surface area contributed by atoms with Crippen LogP contribution < -0.4 is 11.1 Å². The summed E-state index contributed by atoms with van der Waals surface area (Å²) in [6.07, 6.45) is 13.2. The number of hydrogen-bond acceptors (Lipinski definition) is 3. The minimum absolute atomic E-state index is 0. The molecule has 7 heteroatoms. The standard InChI is InChI=1S/C21H40N4O2.HI/c1-2-23-21(25-14-9-10-18(17-25)16-20(22)26)24-13-7-8-15-27-19-11-5-3-4-6-12-19;/h18-19H,2-17H2,1H3,(H2,22,26)(H,23,24);1H. The number of ether oxygens (including phenoxy) is 1. The Morgan fingerprint density at radius 3 is 2.57 bits per heavy atom. The zero-order valence-corrected chi connectivity index (χ0v) is 20.0. The third-order valence-electron chi connectivity index (χ3n) is 5.61. The van der Waals surface area contributed by atoms with Gasteiger partial charge in [0.05, 0.1) is 6.10 Å². The summed E-state index contributed by atoms with van der Waals surface area (Å²) in [6.45, 7) is 6.53. The van der Waals surface area contributed by atoms with Crippen molar-refractivity contribution in [2.75, 3.05) is 32.8 Å². The van der Waals surface area contributed by atoms with Crippen molar-refractivity contribution >= 4 is 35.8 Å². The van der Waals surface area contributed by atoms with E-state index in [2.05, 4.69) is 17.1 Å². The summed E-state index contributed by atoms with van der Waals surface area (Å²) in [6, 6.07) is 0. The molecule has 6 nitrogen and oxygen atoms in total. The van der Waals surface area contributed by atoms with Gasteiger partial charge in [0, 0.05) is 39.2 Å². The van der Waals surface area contributed by atoms with Gasteiger partial charge >= 0.3 is 0 Å². The monoisotopic (exact) mass is 508 g/mol. The number of nitrogens with zero attached hydrogens (tertiary/aromatic N) is 2. The van der Waals surface area contributed by atoms with Crippen LogP contribution in [-0.4, -0.2) is 55.7 Å². The van der Waals surface area contributed by atoms with Gasteiger partial charge in [-0.05, 0) is 51.4 Å². The number of likely N-dealkylation sites (tertiary alicyclic amines) is 1. The molecule has 1 saturated carbocycles. The first kappa shape index (κ1) is 25.5. The number of carbonyl (C=O) groups is 1. The third kappa shape index (κ3) is 10.3. The lowest BCUT2D eigenvalue weighted by atomic mass is 9.95. The van der Waals surface area contributed by atoms with E-state index < -0.39 is 0 Å². The van der Waals surface area contributed by atoms with Crippen LogP contribution in [0.1, 0.15) is 77.6 Å². The molecule has 2 rings (SSSR count). The maximum absolute atomic E-state index is 11.2. The van der Waals surface area contributed by atoms with E-state index in [4.69, 9.17) is 15.5 Å². The molecule has 0 spiro atoms. The van der Waals surface area contributed by atoms with Gasteiger partial charge in [0.25, 0.3) is 0 Å². The second kappa shape index (κ2) is 15.3. The molecule has 164 valence electrons. The molecule has 0 aromatic carbocycles. The minimum Gasteiger partial charge on any atom is -0.378 e. The molecule has 1 unspecified atom stereocenters. The number of guanidine groups is 1. The van der Waals surface area contributed by atoms with Crippen LogP contribution >= 0.6 is 24.0 Å². The second-order valence-corrected chi connectivity index (χ2v) is 8.05. The lowest BCUT2D eigenvalue weighted by Crippen LogP contribution is -2.47. The molecule has 0 aromatic rings.